The maximum absolute atomic E-state index is 12.8. The summed E-state index contributed by atoms with van der Waals surface area (Å²) in [5.74, 6) is -0.106. The van der Waals surface area contributed by atoms with E-state index in [1.54, 1.807) is 12.1 Å². The number of carbonyl (C=O) groups is 1. The van der Waals surface area contributed by atoms with Gasteiger partial charge in [0.15, 0.2) is 0 Å². The molecule has 0 spiro atoms. The van der Waals surface area contributed by atoms with E-state index in [0.717, 1.165) is 12.0 Å². The van der Waals surface area contributed by atoms with E-state index < -0.39 is 10.0 Å². The first-order valence-electron chi connectivity index (χ1n) is 8.71. The van der Waals surface area contributed by atoms with Crippen molar-refractivity contribution in [1.82, 2.24) is 4.72 Å². The van der Waals surface area contributed by atoms with Crippen LogP contribution in [-0.4, -0.2) is 14.3 Å². The Morgan fingerprint density at radius 3 is 2.04 bits per heavy atom. The number of hydrogen-bond donors (Lipinski definition) is 2. The molecule has 0 heterocycles. The van der Waals surface area contributed by atoms with Gasteiger partial charge in [0, 0.05) is 18.7 Å². The standard InChI is InChI=1S/C20H26N2O3S/c1-5-16-6-8-17(9-7-16)20(14(2)3)22-26(24,25)19-12-10-18(11-13-19)21-15(4)23/h6-14,20,22H,5H2,1-4H3,(H,21,23)/t20-/m1/s1. The summed E-state index contributed by atoms with van der Waals surface area (Å²) in [6.45, 7) is 7.47. The molecule has 0 fully saturated rings. The smallest absolute Gasteiger partial charge is 0.241 e. The Balaban J connectivity index is 2.24. The molecule has 0 aromatic heterocycles. The number of nitrogens with one attached hydrogen (secondary N) is 2. The van der Waals surface area contributed by atoms with Gasteiger partial charge in [0.05, 0.1) is 4.90 Å². The molecule has 0 unspecified atom stereocenters. The van der Waals surface area contributed by atoms with Gasteiger partial charge < -0.3 is 5.32 Å². The highest BCUT2D eigenvalue weighted by Crippen LogP contribution is 2.25. The lowest BCUT2D eigenvalue weighted by atomic mass is 9.96. The molecule has 5 nitrogen and oxygen atoms in total. The summed E-state index contributed by atoms with van der Waals surface area (Å²) >= 11 is 0. The summed E-state index contributed by atoms with van der Waals surface area (Å²) in [5, 5.41) is 2.62. The van der Waals surface area contributed by atoms with Crippen LogP contribution in [0.15, 0.2) is 53.4 Å². The molecule has 0 aliphatic heterocycles. The van der Waals surface area contributed by atoms with Crippen LogP contribution in [-0.2, 0) is 21.2 Å². The number of amides is 1. The van der Waals surface area contributed by atoms with Crippen molar-refractivity contribution < 1.29 is 13.2 Å². The van der Waals surface area contributed by atoms with Gasteiger partial charge in [-0.2, -0.15) is 0 Å². The molecule has 0 radical (unpaired) electrons. The van der Waals surface area contributed by atoms with E-state index in [1.807, 2.05) is 38.1 Å². The highest BCUT2D eigenvalue weighted by molar-refractivity contribution is 7.89. The van der Waals surface area contributed by atoms with Gasteiger partial charge in [-0.1, -0.05) is 45.0 Å². The Morgan fingerprint density at radius 1 is 1.00 bits per heavy atom. The average molecular weight is 375 g/mol. The number of benzene rings is 2. The highest BCUT2D eigenvalue weighted by atomic mass is 32.2. The zero-order valence-corrected chi connectivity index (χ0v) is 16.4. The Kier molecular flexibility index (Phi) is 6.56. The van der Waals surface area contributed by atoms with Crippen molar-refractivity contribution in [1.29, 1.82) is 0 Å². The van der Waals surface area contributed by atoms with Crippen LogP contribution in [0.1, 0.15) is 44.9 Å². The van der Waals surface area contributed by atoms with E-state index in [-0.39, 0.29) is 22.8 Å². The minimum absolute atomic E-state index is 0.0934. The minimum atomic E-state index is -3.68. The number of hydrogen-bond acceptors (Lipinski definition) is 3. The summed E-state index contributed by atoms with van der Waals surface area (Å²) in [5.41, 5.74) is 2.72. The Labute approximate surface area is 155 Å². The van der Waals surface area contributed by atoms with E-state index in [0.29, 0.717) is 5.69 Å². The van der Waals surface area contributed by atoms with E-state index in [4.69, 9.17) is 0 Å². The Bertz CT molecular complexity index is 842. The molecule has 0 saturated heterocycles. The van der Waals surface area contributed by atoms with Gasteiger partial charge in [-0.25, -0.2) is 13.1 Å². The van der Waals surface area contributed by atoms with Crippen LogP contribution in [0, 0.1) is 5.92 Å². The fourth-order valence-electron chi connectivity index (χ4n) is 2.71. The van der Waals surface area contributed by atoms with Crippen molar-refractivity contribution in [3.05, 3.63) is 59.7 Å². The molecule has 0 aliphatic rings. The summed E-state index contributed by atoms with van der Waals surface area (Å²) < 4.78 is 28.4. The first-order chi connectivity index (χ1) is 12.2. The molecule has 2 N–H and O–H groups in total. The SMILES string of the molecule is CCc1ccc([C@H](NS(=O)(=O)c2ccc(NC(C)=O)cc2)C(C)C)cc1. The number of aryl methyl sites for hydroxylation is 1. The third-order valence-corrected chi connectivity index (χ3v) is 5.64. The van der Waals surface area contributed by atoms with Gasteiger partial charge >= 0.3 is 0 Å². The van der Waals surface area contributed by atoms with Gasteiger partial charge in [-0.3, -0.25) is 4.79 Å². The highest BCUT2D eigenvalue weighted by Gasteiger charge is 2.24. The lowest BCUT2D eigenvalue weighted by Gasteiger charge is -2.23. The van der Waals surface area contributed by atoms with Crippen molar-refractivity contribution in [3.63, 3.8) is 0 Å². The topological polar surface area (TPSA) is 75.3 Å². The Hall–Kier alpha value is -2.18. The summed E-state index contributed by atoms with van der Waals surface area (Å²) in [4.78, 5) is 11.2. The first kappa shape index (κ1) is 20.1. The lowest BCUT2D eigenvalue weighted by Crippen LogP contribution is -2.31. The second-order valence-electron chi connectivity index (χ2n) is 6.64. The average Bonchev–Trinajstić information content (AvgIpc) is 2.59. The molecule has 1 amide bonds. The normalized spacial score (nSPS) is 12.8. The molecule has 0 bridgehead atoms. The van der Waals surface area contributed by atoms with Gasteiger partial charge in [0.25, 0.3) is 0 Å². The van der Waals surface area contributed by atoms with Gasteiger partial charge in [0.2, 0.25) is 15.9 Å². The largest absolute Gasteiger partial charge is 0.326 e. The molecule has 2 aromatic carbocycles. The fraction of sp³-hybridized carbons (Fsp3) is 0.350. The van der Waals surface area contributed by atoms with E-state index in [2.05, 4.69) is 17.0 Å². The molecule has 140 valence electrons. The lowest BCUT2D eigenvalue weighted by molar-refractivity contribution is -0.114. The van der Waals surface area contributed by atoms with Gasteiger partial charge in [-0.15, -0.1) is 0 Å². The van der Waals surface area contributed by atoms with E-state index in [1.165, 1.54) is 24.6 Å². The predicted molar refractivity (Wildman–Crippen MR) is 104 cm³/mol. The fourth-order valence-corrected chi connectivity index (χ4v) is 4.08. The van der Waals surface area contributed by atoms with Crippen LogP contribution in [0.3, 0.4) is 0 Å². The van der Waals surface area contributed by atoms with Crippen molar-refractivity contribution in [3.8, 4) is 0 Å². The summed E-state index contributed by atoms with van der Waals surface area (Å²) in [6, 6.07) is 13.8. The van der Waals surface area contributed by atoms with E-state index in [9.17, 15) is 13.2 Å². The quantitative estimate of drug-likeness (QED) is 0.772. The molecule has 2 rings (SSSR count). The third kappa shape index (κ3) is 5.16. The van der Waals surface area contributed by atoms with Gasteiger partial charge in [0.1, 0.15) is 0 Å². The maximum Gasteiger partial charge on any atom is 0.241 e. The number of carbonyl (C=O) groups excluding carboxylic acids is 1. The first-order valence-corrected chi connectivity index (χ1v) is 10.2. The summed E-state index contributed by atoms with van der Waals surface area (Å²) in [6.07, 6.45) is 0.943. The second-order valence-corrected chi connectivity index (χ2v) is 8.36. The van der Waals surface area contributed by atoms with Crippen molar-refractivity contribution >= 4 is 21.6 Å². The molecule has 1 atom stereocenters. The number of anilines is 1. The van der Waals surface area contributed by atoms with Crippen molar-refractivity contribution in [2.24, 2.45) is 5.92 Å². The van der Waals surface area contributed by atoms with Crippen LogP contribution >= 0.6 is 0 Å². The predicted octanol–water partition coefficient (Wildman–Crippen LogP) is 3.88. The van der Waals surface area contributed by atoms with Crippen molar-refractivity contribution in [2.45, 2.75) is 45.1 Å². The third-order valence-electron chi connectivity index (χ3n) is 4.18. The zero-order chi connectivity index (χ0) is 19.3. The molecule has 0 saturated carbocycles. The van der Waals surface area contributed by atoms with Crippen LogP contribution < -0.4 is 10.0 Å². The molecular weight excluding hydrogens is 348 g/mol. The van der Waals surface area contributed by atoms with E-state index >= 15 is 0 Å². The molecule has 2 aromatic rings. The minimum Gasteiger partial charge on any atom is -0.326 e. The Morgan fingerprint density at radius 2 is 1.58 bits per heavy atom. The zero-order valence-electron chi connectivity index (χ0n) is 15.6. The second kappa shape index (κ2) is 8.47. The van der Waals surface area contributed by atoms with Crippen LogP contribution in [0.5, 0.6) is 0 Å². The molecule has 26 heavy (non-hydrogen) atoms. The van der Waals surface area contributed by atoms with Crippen molar-refractivity contribution in [2.75, 3.05) is 5.32 Å². The molecule has 6 heteroatoms. The number of rotatable bonds is 7. The van der Waals surface area contributed by atoms with Crippen LogP contribution in [0.4, 0.5) is 5.69 Å². The van der Waals surface area contributed by atoms with Crippen LogP contribution in [0.2, 0.25) is 0 Å². The van der Waals surface area contributed by atoms with Crippen LogP contribution in [0.25, 0.3) is 0 Å². The summed E-state index contributed by atoms with van der Waals surface area (Å²) in [7, 11) is -3.68. The maximum atomic E-state index is 12.8. The number of sulfonamides is 1. The van der Waals surface area contributed by atoms with Gasteiger partial charge in [-0.05, 0) is 47.7 Å². The molecular formula is C20H26N2O3S. The monoisotopic (exact) mass is 374 g/mol. The molecule has 0 aliphatic carbocycles.